The molecule has 1 aliphatic rings. The molecule has 1 aromatic carbocycles. The van der Waals surface area contributed by atoms with E-state index in [9.17, 15) is 9.59 Å². The summed E-state index contributed by atoms with van der Waals surface area (Å²) in [7, 11) is 0. The molecule has 4 nitrogen and oxygen atoms in total. The monoisotopic (exact) mass is 281 g/mol. The molecule has 0 radical (unpaired) electrons. The van der Waals surface area contributed by atoms with Gasteiger partial charge in [-0.05, 0) is 31.0 Å². The van der Waals surface area contributed by atoms with Crippen molar-refractivity contribution in [2.75, 3.05) is 5.32 Å². The SMILES string of the molecule is CC(Cl)C(=O)c1ccc2c(c1)NC(=O)C(C(C)C)O2. The molecule has 1 heterocycles. The van der Waals surface area contributed by atoms with Crippen LogP contribution in [0.1, 0.15) is 31.1 Å². The Balaban J connectivity index is 2.31. The molecule has 0 bridgehead atoms. The minimum atomic E-state index is -0.596. The molecular weight excluding hydrogens is 266 g/mol. The van der Waals surface area contributed by atoms with E-state index in [1.54, 1.807) is 25.1 Å². The summed E-state index contributed by atoms with van der Waals surface area (Å²) in [6, 6.07) is 4.95. The summed E-state index contributed by atoms with van der Waals surface area (Å²) < 4.78 is 5.64. The molecule has 0 aromatic heterocycles. The molecule has 19 heavy (non-hydrogen) atoms. The summed E-state index contributed by atoms with van der Waals surface area (Å²) >= 11 is 5.77. The lowest BCUT2D eigenvalue weighted by Crippen LogP contribution is -2.40. The molecule has 0 aliphatic carbocycles. The normalized spacial score (nSPS) is 19.4. The van der Waals surface area contributed by atoms with Crippen LogP contribution in [0.5, 0.6) is 5.75 Å². The van der Waals surface area contributed by atoms with Crippen LogP contribution >= 0.6 is 11.6 Å². The number of fused-ring (bicyclic) bond motifs is 1. The Labute approximate surface area is 117 Å². The van der Waals surface area contributed by atoms with Crippen molar-refractivity contribution in [2.45, 2.75) is 32.3 Å². The van der Waals surface area contributed by atoms with Crippen LogP contribution in [0, 0.1) is 5.92 Å². The molecule has 2 atom stereocenters. The molecule has 0 spiro atoms. The van der Waals surface area contributed by atoms with Gasteiger partial charge in [0.25, 0.3) is 5.91 Å². The third kappa shape index (κ3) is 2.73. The lowest BCUT2D eigenvalue weighted by Gasteiger charge is -2.28. The van der Waals surface area contributed by atoms with Crippen LogP contribution in [-0.2, 0) is 4.79 Å². The Hall–Kier alpha value is -1.55. The summed E-state index contributed by atoms with van der Waals surface area (Å²) in [6.45, 7) is 5.46. The lowest BCUT2D eigenvalue weighted by molar-refractivity contribution is -0.125. The molecule has 0 saturated heterocycles. The summed E-state index contributed by atoms with van der Waals surface area (Å²) in [4.78, 5) is 23.7. The first-order valence-electron chi connectivity index (χ1n) is 6.20. The van der Waals surface area contributed by atoms with Gasteiger partial charge in [0.1, 0.15) is 5.75 Å². The van der Waals surface area contributed by atoms with Gasteiger partial charge in [-0.1, -0.05) is 13.8 Å². The van der Waals surface area contributed by atoms with Gasteiger partial charge in [0.05, 0.1) is 11.1 Å². The van der Waals surface area contributed by atoms with Crippen molar-refractivity contribution in [3.63, 3.8) is 0 Å². The third-order valence-electron chi connectivity index (χ3n) is 3.00. The molecule has 102 valence electrons. The molecule has 1 amide bonds. The number of hydrogen-bond acceptors (Lipinski definition) is 3. The minimum Gasteiger partial charge on any atom is -0.478 e. The van der Waals surface area contributed by atoms with Crippen molar-refractivity contribution < 1.29 is 14.3 Å². The van der Waals surface area contributed by atoms with Crippen LogP contribution in [0.2, 0.25) is 0 Å². The van der Waals surface area contributed by atoms with E-state index in [1.807, 2.05) is 13.8 Å². The van der Waals surface area contributed by atoms with Gasteiger partial charge >= 0.3 is 0 Å². The van der Waals surface area contributed by atoms with Crippen molar-refractivity contribution in [3.05, 3.63) is 23.8 Å². The van der Waals surface area contributed by atoms with Crippen LogP contribution in [0.15, 0.2) is 18.2 Å². The second-order valence-corrected chi connectivity index (χ2v) is 5.62. The van der Waals surface area contributed by atoms with Crippen LogP contribution in [0.25, 0.3) is 0 Å². The number of ether oxygens (including phenoxy) is 1. The predicted molar refractivity (Wildman–Crippen MR) is 74.0 cm³/mol. The molecule has 1 N–H and O–H groups in total. The van der Waals surface area contributed by atoms with Gasteiger partial charge in [0, 0.05) is 5.56 Å². The zero-order valence-corrected chi connectivity index (χ0v) is 11.8. The number of alkyl halides is 1. The highest BCUT2D eigenvalue weighted by molar-refractivity contribution is 6.33. The van der Waals surface area contributed by atoms with E-state index in [0.717, 1.165) is 0 Å². The topological polar surface area (TPSA) is 55.4 Å². The number of hydrogen-bond donors (Lipinski definition) is 1. The Morgan fingerprint density at radius 1 is 1.37 bits per heavy atom. The van der Waals surface area contributed by atoms with Crippen molar-refractivity contribution >= 4 is 29.0 Å². The fourth-order valence-electron chi connectivity index (χ4n) is 1.95. The molecule has 2 rings (SSSR count). The molecule has 5 heteroatoms. The Bertz CT molecular complexity index is 525. The predicted octanol–water partition coefficient (Wildman–Crippen LogP) is 2.85. The second-order valence-electron chi connectivity index (χ2n) is 4.96. The summed E-state index contributed by atoms with van der Waals surface area (Å²) in [6.07, 6.45) is -0.499. The third-order valence-corrected chi connectivity index (χ3v) is 3.20. The van der Waals surface area contributed by atoms with E-state index in [1.165, 1.54) is 0 Å². The van der Waals surface area contributed by atoms with E-state index in [4.69, 9.17) is 16.3 Å². The standard InChI is InChI=1S/C14H16ClNO3/c1-7(2)13-14(18)16-10-6-9(12(17)8(3)15)4-5-11(10)19-13/h4-8,13H,1-3H3,(H,16,18). The van der Waals surface area contributed by atoms with E-state index >= 15 is 0 Å². The zero-order valence-electron chi connectivity index (χ0n) is 11.1. The number of Topliss-reactive ketones (excluding diaryl/α,β-unsaturated/α-hetero) is 1. The first-order valence-corrected chi connectivity index (χ1v) is 6.63. The van der Waals surface area contributed by atoms with Crippen molar-refractivity contribution in [2.24, 2.45) is 5.92 Å². The second kappa shape index (κ2) is 5.21. The van der Waals surface area contributed by atoms with Gasteiger partial charge in [-0.2, -0.15) is 0 Å². The fourth-order valence-corrected chi connectivity index (χ4v) is 2.07. The Morgan fingerprint density at radius 3 is 2.63 bits per heavy atom. The lowest BCUT2D eigenvalue weighted by atomic mass is 10.0. The number of rotatable bonds is 3. The van der Waals surface area contributed by atoms with Gasteiger partial charge in [0.2, 0.25) is 0 Å². The fraction of sp³-hybridized carbons (Fsp3) is 0.429. The Morgan fingerprint density at radius 2 is 2.05 bits per heavy atom. The first kappa shape index (κ1) is 13.9. The minimum absolute atomic E-state index is 0.0809. The van der Waals surface area contributed by atoms with Crippen molar-refractivity contribution in [1.29, 1.82) is 0 Å². The van der Waals surface area contributed by atoms with E-state index in [2.05, 4.69) is 5.32 Å². The molecular formula is C14H16ClNO3. The summed E-state index contributed by atoms with van der Waals surface area (Å²) in [5.41, 5.74) is 0.984. The quantitative estimate of drug-likeness (QED) is 0.685. The highest BCUT2D eigenvalue weighted by atomic mass is 35.5. The highest BCUT2D eigenvalue weighted by Crippen LogP contribution is 2.32. The maximum absolute atomic E-state index is 11.9. The Kier molecular flexibility index (Phi) is 3.80. The largest absolute Gasteiger partial charge is 0.478 e. The number of ketones is 1. The van der Waals surface area contributed by atoms with Crippen LogP contribution in [-0.4, -0.2) is 23.2 Å². The van der Waals surface area contributed by atoms with Crippen LogP contribution in [0.4, 0.5) is 5.69 Å². The number of nitrogens with one attached hydrogen (secondary N) is 1. The van der Waals surface area contributed by atoms with Crippen LogP contribution < -0.4 is 10.1 Å². The smallest absolute Gasteiger partial charge is 0.265 e. The van der Waals surface area contributed by atoms with Gasteiger partial charge in [0.15, 0.2) is 11.9 Å². The average molecular weight is 282 g/mol. The number of anilines is 1. The number of carbonyl (C=O) groups is 2. The molecule has 0 saturated carbocycles. The molecule has 2 unspecified atom stereocenters. The van der Waals surface area contributed by atoms with Crippen LogP contribution in [0.3, 0.4) is 0 Å². The number of carbonyl (C=O) groups excluding carboxylic acids is 2. The van der Waals surface area contributed by atoms with E-state index in [-0.39, 0.29) is 17.6 Å². The number of amides is 1. The molecule has 1 aliphatic heterocycles. The maximum atomic E-state index is 11.9. The van der Waals surface area contributed by atoms with Gasteiger partial charge in [-0.3, -0.25) is 9.59 Å². The number of benzene rings is 1. The summed E-state index contributed by atoms with van der Waals surface area (Å²) in [5.74, 6) is 0.296. The maximum Gasteiger partial charge on any atom is 0.265 e. The average Bonchev–Trinajstić information content (AvgIpc) is 2.35. The molecule has 1 aromatic rings. The van der Waals surface area contributed by atoms with Crippen molar-refractivity contribution in [1.82, 2.24) is 0 Å². The van der Waals surface area contributed by atoms with Gasteiger partial charge in [-0.25, -0.2) is 0 Å². The highest BCUT2D eigenvalue weighted by Gasteiger charge is 2.30. The number of halogens is 1. The summed E-state index contributed by atoms with van der Waals surface area (Å²) in [5, 5.41) is 2.17. The van der Waals surface area contributed by atoms with Gasteiger partial charge < -0.3 is 10.1 Å². The van der Waals surface area contributed by atoms with Gasteiger partial charge in [-0.15, -0.1) is 11.6 Å². The first-order chi connectivity index (χ1) is 8.90. The molecule has 0 fully saturated rings. The zero-order chi connectivity index (χ0) is 14.2. The van der Waals surface area contributed by atoms with E-state index in [0.29, 0.717) is 17.0 Å². The van der Waals surface area contributed by atoms with Crippen molar-refractivity contribution in [3.8, 4) is 5.75 Å². The van der Waals surface area contributed by atoms with E-state index < -0.39 is 11.5 Å².